The second kappa shape index (κ2) is 7.13. The van der Waals surface area contributed by atoms with Crippen molar-refractivity contribution in [3.05, 3.63) is 46.8 Å². The Hall–Kier alpha value is -1.57. The summed E-state index contributed by atoms with van der Waals surface area (Å²) < 4.78 is 31.5. The molecule has 2 rings (SSSR count). The summed E-state index contributed by atoms with van der Waals surface area (Å²) in [6.07, 6.45) is 0. The first-order chi connectivity index (χ1) is 10.5. The van der Waals surface area contributed by atoms with Crippen molar-refractivity contribution in [2.24, 2.45) is 0 Å². The number of para-hydroxylation sites is 1. The summed E-state index contributed by atoms with van der Waals surface area (Å²) >= 11 is 7.17. The highest BCUT2D eigenvalue weighted by Crippen LogP contribution is 2.31. The lowest BCUT2D eigenvalue weighted by atomic mass is 10.3. The highest BCUT2D eigenvalue weighted by atomic mass is 35.5. The molecule has 0 aliphatic rings. The number of halogens is 1. The maximum atomic E-state index is 12.8. The highest BCUT2D eigenvalue weighted by molar-refractivity contribution is 7.94. The minimum atomic E-state index is -3.88. The van der Waals surface area contributed by atoms with E-state index in [2.05, 4.69) is 0 Å². The van der Waals surface area contributed by atoms with Gasteiger partial charge in [-0.3, -0.25) is 9.10 Å². The van der Waals surface area contributed by atoms with Gasteiger partial charge in [-0.1, -0.05) is 29.8 Å². The maximum Gasteiger partial charge on any atom is 0.326 e. The van der Waals surface area contributed by atoms with E-state index in [9.17, 15) is 13.2 Å². The van der Waals surface area contributed by atoms with Crippen molar-refractivity contribution in [3.8, 4) is 0 Å². The number of carbonyl (C=O) groups is 1. The lowest BCUT2D eigenvalue weighted by Crippen LogP contribution is -2.36. The molecule has 0 unspecified atom stereocenters. The Morgan fingerprint density at radius 3 is 2.59 bits per heavy atom. The predicted molar refractivity (Wildman–Crippen MR) is 86.9 cm³/mol. The van der Waals surface area contributed by atoms with Crippen LogP contribution in [0.4, 0.5) is 5.69 Å². The van der Waals surface area contributed by atoms with E-state index < -0.39 is 22.5 Å². The Balaban J connectivity index is 2.47. The zero-order valence-corrected chi connectivity index (χ0v) is 14.1. The minimum Gasteiger partial charge on any atom is -0.465 e. The molecule has 0 aliphatic heterocycles. The summed E-state index contributed by atoms with van der Waals surface area (Å²) in [6.45, 7) is 1.40. The molecule has 0 saturated heterocycles. The molecule has 0 bridgehead atoms. The molecule has 1 aromatic heterocycles. The van der Waals surface area contributed by atoms with Crippen molar-refractivity contribution in [1.29, 1.82) is 0 Å². The van der Waals surface area contributed by atoms with Crippen LogP contribution in [0, 0.1) is 0 Å². The van der Waals surface area contributed by atoms with Gasteiger partial charge >= 0.3 is 5.97 Å². The van der Waals surface area contributed by atoms with Crippen molar-refractivity contribution in [2.75, 3.05) is 17.5 Å². The SMILES string of the molecule is CCOC(=O)CN(c1ccccc1Cl)S(=O)(=O)c1cccs1. The molecule has 0 saturated carbocycles. The standard InChI is InChI=1S/C14H14ClNO4S2/c1-2-20-13(17)10-16(12-7-4-3-6-11(12)15)22(18,19)14-8-5-9-21-14/h3-9H,2,10H2,1H3. The van der Waals surface area contributed by atoms with Crippen LogP contribution in [0.5, 0.6) is 0 Å². The molecule has 22 heavy (non-hydrogen) atoms. The molecule has 1 heterocycles. The van der Waals surface area contributed by atoms with Crippen LogP contribution in [-0.4, -0.2) is 27.5 Å². The number of hydrogen-bond donors (Lipinski definition) is 0. The Bertz CT molecular complexity index is 744. The lowest BCUT2D eigenvalue weighted by Gasteiger charge is -2.23. The fourth-order valence-corrected chi connectivity index (χ4v) is 4.62. The number of rotatable bonds is 6. The van der Waals surface area contributed by atoms with E-state index in [1.165, 1.54) is 6.07 Å². The van der Waals surface area contributed by atoms with Crippen LogP contribution in [-0.2, 0) is 19.6 Å². The number of anilines is 1. The van der Waals surface area contributed by atoms with Crippen LogP contribution in [0.2, 0.25) is 5.02 Å². The van der Waals surface area contributed by atoms with Gasteiger partial charge in [0.05, 0.1) is 17.3 Å². The first kappa shape index (κ1) is 16.8. The minimum absolute atomic E-state index is 0.136. The topological polar surface area (TPSA) is 63.7 Å². The zero-order valence-electron chi connectivity index (χ0n) is 11.7. The largest absolute Gasteiger partial charge is 0.465 e. The third kappa shape index (κ3) is 3.60. The summed E-state index contributed by atoms with van der Waals surface area (Å²) in [5.74, 6) is -0.637. The normalized spacial score (nSPS) is 11.2. The first-order valence-corrected chi connectivity index (χ1v) is 9.13. The Labute approximate surface area is 138 Å². The van der Waals surface area contributed by atoms with E-state index in [4.69, 9.17) is 16.3 Å². The zero-order chi connectivity index (χ0) is 16.2. The van der Waals surface area contributed by atoms with Gasteiger partial charge in [-0.05, 0) is 30.5 Å². The van der Waals surface area contributed by atoms with Crippen LogP contribution in [0.15, 0.2) is 46.0 Å². The van der Waals surface area contributed by atoms with Gasteiger partial charge in [0.25, 0.3) is 10.0 Å². The van der Waals surface area contributed by atoms with E-state index in [1.54, 1.807) is 42.6 Å². The molecule has 0 spiro atoms. The number of hydrogen-bond acceptors (Lipinski definition) is 5. The van der Waals surface area contributed by atoms with Gasteiger partial charge < -0.3 is 4.74 Å². The molecule has 5 nitrogen and oxygen atoms in total. The third-order valence-electron chi connectivity index (χ3n) is 2.74. The van der Waals surface area contributed by atoms with Gasteiger partial charge in [0.2, 0.25) is 0 Å². The summed E-state index contributed by atoms with van der Waals surface area (Å²) in [6, 6.07) is 9.57. The molecule has 0 aliphatic carbocycles. The van der Waals surface area contributed by atoms with Crippen LogP contribution >= 0.6 is 22.9 Å². The molecule has 0 N–H and O–H groups in total. The Kier molecular flexibility index (Phi) is 5.44. The van der Waals surface area contributed by atoms with E-state index in [-0.39, 0.29) is 21.5 Å². The fourth-order valence-electron chi connectivity index (χ4n) is 1.80. The van der Waals surface area contributed by atoms with E-state index >= 15 is 0 Å². The molecule has 118 valence electrons. The molecule has 0 amide bonds. The monoisotopic (exact) mass is 359 g/mol. The van der Waals surface area contributed by atoms with Crippen molar-refractivity contribution in [2.45, 2.75) is 11.1 Å². The van der Waals surface area contributed by atoms with Gasteiger partial charge in [-0.25, -0.2) is 8.42 Å². The van der Waals surface area contributed by atoms with Gasteiger partial charge in [-0.15, -0.1) is 11.3 Å². The highest BCUT2D eigenvalue weighted by Gasteiger charge is 2.29. The number of sulfonamides is 1. The Morgan fingerprint density at radius 1 is 1.27 bits per heavy atom. The molecule has 2 aromatic rings. The fraction of sp³-hybridized carbons (Fsp3) is 0.214. The van der Waals surface area contributed by atoms with Gasteiger partial charge in [0.15, 0.2) is 0 Å². The second-order valence-corrected chi connectivity index (χ2v) is 7.64. The maximum absolute atomic E-state index is 12.8. The number of benzene rings is 1. The quantitative estimate of drug-likeness (QED) is 0.743. The van der Waals surface area contributed by atoms with Crippen LogP contribution < -0.4 is 4.31 Å². The van der Waals surface area contributed by atoms with E-state index in [0.29, 0.717) is 0 Å². The molecular weight excluding hydrogens is 346 g/mol. The summed E-state index contributed by atoms with van der Waals surface area (Å²) in [5.41, 5.74) is 0.241. The van der Waals surface area contributed by atoms with Crippen LogP contribution in [0.3, 0.4) is 0 Å². The van der Waals surface area contributed by atoms with Gasteiger partial charge in [0.1, 0.15) is 10.8 Å². The third-order valence-corrected chi connectivity index (χ3v) is 6.19. The average molecular weight is 360 g/mol. The van der Waals surface area contributed by atoms with Crippen molar-refractivity contribution < 1.29 is 17.9 Å². The summed E-state index contributed by atoms with van der Waals surface area (Å²) in [4.78, 5) is 11.8. The molecular formula is C14H14ClNO4S2. The summed E-state index contributed by atoms with van der Waals surface area (Å²) in [5, 5.41) is 1.90. The van der Waals surface area contributed by atoms with E-state index in [1.807, 2.05) is 0 Å². The number of esters is 1. The molecule has 0 fully saturated rings. The van der Waals surface area contributed by atoms with Crippen LogP contribution in [0.1, 0.15) is 6.92 Å². The molecule has 0 radical (unpaired) electrons. The van der Waals surface area contributed by atoms with Crippen molar-refractivity contribution in [1.82, 2.24) is 0 Å². The molecule has 1 aromatic carbocycles. The average Bonchev–Trinajstić information content (AvgIpc) is 3.01. The van der Waals surface area contributed by atoms with Crippen molar-refractivity contribution in [3.63, 3.8) is 0 Å². The molecule has 0 atom stereocenters. The first-order valence-electron chi connectivity index (χ1n) is 6.43. The molecule has 8 heteroatoms. The smallest absolute Gasteiger partial charge is 0.326 e. The number of ether oxygens (including phenoxy) is 1. The van der Waals surface area contributed by atoms with Gasteiger partial charge in [-0.2, -0.15) is 0 Å². The number of thiophene rings is 1. The van der Waals surface area contributed by atoms with Crippen LogP contribution in [0.25, 0.3) is 0 Å². The predicted octanol–water partition coefficient (Wildman–Crippen LogP) is 3.16. The number of carbonyl (C=O) groups excluding carboxylic acids is 1. The van der Waals surface area contributed by atoms with Gasteiger partial charge in [0, 0.05) is 0 Å². The summed E-state index contributed by atoms with van der Waals surface area (Å²) in [7, 11) is -3.88. The second-order valence-electron chi connectivity index (χ2n) is 4.20. The van der Waals surface area contributed by atoms with Crippen molar-refractivity contribution >= 4 is 44.6 Å². The Morgan fingerprint density at radius 2 is 2.00 bits per heavy atom. The van der Waals surface area contributed by atoms with E-state index in [0.717, 1.165) is 15.6 Å². The lowest BCUT2D eigenvalue weighted by molar-refractivity contribution is -0.141. The number of nitrogens with zero attached hydrogens (tertiary/aromatic N) is 1.